The van der Waals surface area contributed by atoms with Crippen molar-refractivity contribution in [3.8, 4) is 0 Å². The third-order valence-electron chi connectivity index (χ3n) is 1.30. The Kier molecular flexibility index (Phi) is 16.2. The van der Waals surface area contributed by atoms with E-state index >= 15 is 0 Å². The predicted molar refractivity (Wildman–Crippen MR) is 38.7 cm³/mol. The van der Waals surface area contributed by atoms with Crippen molar-refractivity contribution in [3.05, 3.63) is 6.42 Å². The maximum absolute atomic E-state index is 2.36. The molecule has 0 N–H and O–H groups in total. The summed E-state index contributed by atoms with van der Waals surface area (Å²) in [6, 6.07) is 0. The van der Waals surface area contributed by atoms with Crippen LogP contribution in [0.4, 0.5) is 0 Å². The van der Waals surface area contributed by atoms with Crippen molar-refractivity contribution in [1.29, 1.82) is 0 Å². The van der Waals surface area contributed by atoms with Gasteiger partial charge in [-0.3, -0.25) is 0 Å². The topological polar surface area (TPSA) is 0 Å². The van der Waals surface area contributed by atoms with Crippen LogP contribution in [-0.4, -0.2) is 0 Å². The fourth-order valence-electron chi connectivity index (χ4n) is 0.743. The molecule has 9 heavy (non-hydrogen) atoms. The normalized spacial score (nSPS) is 8.67. The average Bonchev–Trinajstić information content (AvgIpc) is 1.81. The maximum atomic E-state index is 2.36. The zero-order valence-electron chi connectivity index (χ0n) is 6.61. The molecule has 0 aliphatic heterocycles. The summed E-state index contributed by atoms with van der Waals surface area (Å²) in [4.78, 5) is 0. The number of hydrogen-bond acceptors (Lipinski definition) is 0. The van der Waals surface area contributed by atoms with Gasteiger partial charge in [-0.15, -0.1) is 0 Å². The molecule has 0 saturated heterocycles. The van der Waals surface area contributed by atoms with Crippen LogP contribution in [0.5, 0.6) is 0 Å². The second-order valence-electron chi connectivity index (χ2n) is 2.19. The van der Waals surface area contributed by atoms with Crippen LogP contribution in [0, 0.1) is 6.42 Å². The zero-order valence-corrected chi connectivity index (χ0v) is 9.07. The minimum atomic E-state index is 0. The van der Waals surface area contributed by atoms with Crippen LogP contribution in [0.25, 0.3) is 0 Å². The first kappa shape index (κ1) is 12.5. The molecule has 0 heterocycles. The van der Waals surface area contributed by atoms with Crippen LogP contribution in [0.1, 0.15) is 46.0 Å². The molecule has 0 saturated carbocycles. The summed E-state index contributed by atoms with van der Waals surface area (Å²) in [6.07, 6.45) is 9.06. The Hall–Kier alpha value is 0.883. The summed E-state index contributed by atoms with van der Waals surface area (Å²) >= 11 is 0. The molecule has 0 radical (unpaired) electrons. The quantitative estimate of drug-likeness (QED) is 0.477. The molecule has 0 rings (SSSR count). The van der Waals surface area contributed by atoms with E-state index in [0.717, 1.165) is 0 Å². The Labute approximate surface area is 78.5 Å². The molecular formula is C8H17Zr-. The third-order valence-corrected chi connectivity index (χ3v) is 1.30. The van der Waals surface area contributed by atoms with E-state index in [1.54, 1.807) is 0 Å². The second-order valence-corrected chi connectivity index (χ2v) is 2.19. The van der Waals surface area contributed by atoms with E-state index in [1.807, 2.05) is 0 Å². The summed E-state index contributed by atoms with van der Waals surface area (Å²) in [5, 5.41) is 0. The Morgan fingerprint density at radius 3 is 2.22 bits per heavy atom. The number of rotatable bonds is 5. The summed E-state index contributed by atoms with van der Waals surface area (Å²) in [5.41, 5.74) is 0. The van der Waals surface area contributed by atoms with Crippen LogP contribution in [0.3, 0.4) is 0 Å². The van der Waals surface area contributed by atoms with Gasteiger partial charge in [0.1, 0.15) is 0 Å². The molecule has 0 bridgehead atoms. The molecule has 54 valence electrons. The van der Waals surface area contributed by atoms with Gasteiger partial charge in [0.15, 0.2) is 0 Å². The Balaban J connectivity index is 0. The van der Waals surface area contributed by atoms with Gasteiger partial charge in [0, 0.05) is 26.2 Å². The van der Waals surface area contributed by atoms with Gasteiger partial charge in [-0.25, -0.2) is 0 Å². The van der Waals surface area contributed by atoms with Crippen LogP contribution in [0.15, 0.2) is 0 Å². The van der Waals surface area contributed by atoms with Gasteiger partial charge in [0.05, 0.1) is 0 Å². The summed E-state index contributed by atoms with van der Waals surface area (Å²) in [5.74, 6) is 0. The number of hydrogen-bond donors (Lipinski definition) is 0. The van der Waals surface area contributed by atoms with Crippen molar-refractivity contribution in [3.63, 3.8) is 0 Å². The molecule has 0 amide bonds. The maximum Gasteiger partial charge on any atom is 0 e. The van der Waals surface area contributed by atoms with Crippen molar-refractivity contribution >= 4 is 0 Å². The minimum absolute atomic E-state index is 0. The summed E-state index contributed by atoms with van der Waals surface area (Å²) in [6.45, 7) is 4.44. The van der Waals surface area contributed by atoms with Crippen LogP contribution >= 0.6 is 0 Å². The molecule has 0 aromatic carbocycles. The van der Waals surface area contributed by atoms with E-state index in [1.165, 1.54) is 32.1 Å². The van der Waals surface area contributed by atoms with Gasteiger partial charge in [-0.2, -0.15) is 12.8 Å². The average molecular weight is 204 g/mol. The first-order valence-electron chi connectivity index (χ1n) is 3.73. The van der Waals surface area contributed by atoms with Crippen LogP contribution in [-0.2, 0) is 26.2 Å². The molecule has 0 aromatic heterocycles. The van der Waals surface area contributed by atoms with E-state index in [4.69, 9.17) is 0 Å². The molecule has 0 atom stereocenters. The number of unbranched alkanes of at least 4 members (excludes halogenated alkanes) is 5. The van der Waals surface area contributed by atoms with Gasteiger partial charge < -0.3 is 6.42 Å². The summed E-state index contributed by atoms with van der Waals surface area (Å²) in [7, 11) is 0. The van der Waals surface area contributed by atoms with E-state index in [0.29, 0.717) is 0 Å². The van der Waals surface area contributed by atoms with Crippen LogP contribution < -0.4 is 0 Å². The van der Waals surface area contributed by atoms with Crippen LogP contribution in [0.2, 0.25) is 0 Å². The Morgan fingerprint density at radius 1 is 1.11 bits per heavy atom. The molecule has 0 aromatic rings. The van der Waals surface area contributed by atoms with E-state index in [-0.39, 0.29) is 26.2 Å². The van der Waals surface area contributed by atoms with Gasteiger partial charge in [-0.05, 0) is 0 Å². The van der Waals surface area contributed by atoms with Gasteiger partial charge in [0.2, 0.25) is 0 Å². The van der Waals surface area contributed by atoms with Gasteiger partial charge in [0.25, 0.3) is 0 Å². The first-order chi connectivity index (χ1) is 3.91. The van der Waals surface area contributed by atoms with Crippen molar-refractivity contribution in [2.75, 3.05) is 0 Å². The largest absolute Gasteiger partial charge is 0.329 e. The molecule has 0 fully saturated rings. The van der Waals surface area contributed by atoms with Crippen molar-refractivity contribution < 1.29 is 26.2 Å². The summed E-state index contributed by atoms with van der Waals surface area (Å²) < 4.78 is 0. The molecule has 0 aliphatic rings. The fraction of sp³-hybridized carbons (Fsp3) is 0.875. The molecule has 0 unspecified atom stereocenters. The molecule has 0 aliphatic carbocycles. The van der Waals surface area contributed by atoms with Gasteiger partial charge in [-0.1, -0.05) is 33.1 Å². The van der Waals surface area contributed by atoms with E-state index in [9.17, 15) is 0 Å². The Bertz CT molecular complexity index is 29.5. The SMILES string of the molecule is CC[CH-]CCCCC.[Zr]. The van der Waals surface area contributed by atoms with Crippen molar-refractivity contribution in [2.45, 2.75) is 46.0 Å². The van der Waals surface area contributed by atoms with E-state index < -0.39 is 0 Å². The smallest absolute Gasteiger partial charge is 0 e. The molecule has 0 nitrogen and oxygen atoms in total. The molecule has 0 spiro atoms. The second kappa shape index (κ2) is 11.7. The fourth-order valence-corrected chi connectivity index (χ4v) is 0.743. The van der Waals surface area contributed by atoms with E-state index in [2.05, 4.69) is 20.3 Å². The zero-order chi connectivity index (χ0) is 6.24. The first-order valence-corrected chi connectivity index (χ1v) is 3.73. The van der Waals surface area contributed by atoms with Crippen molar-refractivity contribution in [2.24, 2.45) is 0 Å². The molecule has 1 heteroatoms. The third kappa shape index (κ3) is 12.2. The minimum Gasteiger partial charge on any atom is -0.329 e. The monoisotopic (exact) mass is 203 g/mol. The Morgan fingerprint density at radius 2 is 1.78 bits per heavy atom. The molecular weight excluding hydrogens is 187 g/mol. The standard InChI is InChI=1S/C8H17.Zr/c1-3-5-7-8-6-4-2;/h5H,3-4,6-8H2,1-2H3;/q-1;. The predicted octanol–water partition coefficient (Wildman–Crippen LogP) is 3.18. The van der Waals surface area contributed by atoms with Crippen molar-refractivity contribution in [1.82, 2.24) is 0 Å². The van der Waals surface area contributed by atoms with Gasteiger partial charge >= 0.3 is 0 Å².